The van der Waals surface area contributed by atoms with Crippen molar-refractivity contribution in [2.75, 3.05) is 6.54 Å². The molecule has 0 fully saturated rings. The van der Waals surface area contributed by atoms with Crippen LogP contribution < -0.4 is 5.32 Å². The number of nitrogens with one attached hydrogen (secondary N) is 1. The average molecular weight is 349 g/mol. The van der Waals surface area contributed by atoms with Crippen LogP contribution in [0, 0.1) is 0 Å². The summed E-state index contributed by atoms with van der Waals surface area (Å²) in [6.45, 7) is 5.85. The van der Waals surface area contributed by atoms with Crippen LogP contribution in [0.3, 0.4) is 0 Å². The van der Waals surface area contributed by atoms with Crippen molar-refractivity contribution in [2.45, 2.75) is 26.4 Å². The lowest BCUT2D eigenvalue weighted by molar-refractivity contribution is 0.542. The number of fused-ring (bicyclic) bond motifs is 1. The van der Waals surface area contributed by atoms with Gasteiger partial charge in [-0.1, -0.05) is 6.92 Å². The molecule has 3 aromatic heterocycles. The maximum Gasteiger partial charge on any atom is 0.0896 e. The Morgan fingerprint density at radius 3 is 2.86 bits per heavy atom. The quantitative estimate of drug-likeness (QED) is 0.769. The van der Waals surface area contributed by atoms with Gasteiger partial charge in [0.1, 0.15) is 0 Å². The zero-order valence-corrected chi connectivity index (χ0v) is 13.6. The SMILES string of the molecule is CCNC(c1cnn2ccncc12)c1c(Br)cnn1CC. The van der Waals surface area contributed by atoms with Crippen molar-refractivity contribution in [3.63, 3.8) is 0 Å². The maximum atomic E-state index is 4.41. The summed E-state index contributed by atoms with van der Waals surface area (Å²) >= 11 is 3.61. The van der Waals surface area contributed by atoms with Crippen molar-refractivity contribution in [2.24, 2.45) is 0 Å². The van der Waals surface area contributed by atoms with Gasteiger partial charge in [-0.25, -0.2) is 4.52 Å². The molecular weight excluding hydrogens is 332 g/mol. The highest BCUT2D eigenvalue weighted by atomic mass is 79.9. The van der Waals surface area contributed by atoms with Gasteiger partial charge >= 0.3 is 0 Å². The molecule has 21 heavy (non-hydrogen) atoms. The summed E-state index contributed by atoms with van der Waals surface area (Å²) in [6.07, 6.45) is 9.16. The number of aryl methyl sites for hydroxylation is 1. The van der Waals surface area contributed by atoms with Gasteiger partial charge in [0.15, 0.2) is 0 Å². The summed E-state index contributed by atoms with van der Waals surface area (Å²) in [5.74, 6) is 0. The molecular formula is C14H17BrN6. The summed E-state index contributed by atoms with van der Waals surface area (Å²) in [7, 11) is 0. The third-order valence-corrected chi connectivity index (χ3v) is 4.09. The molecule has 1 N–H and O–H groups in total. The normalized spacial score (nSPS) is 12.9. The highest BCUT2D eigenvalue weighted by Crippen LogP contribution is 2.30. The van der Waals surface area contributed by atoms with Gasteiger partial charge < -0.3 is 5.32 Å². The fourth-order valence-electron chi connectivity index (χ4n) is 2.54. The molecule has 3 heterocycles. The van der Waals surface area contributed by atoms with Gasteiger partial charge in [-0.05, 0) is 29.4 Å². The molecule has 0 aromatic carbocycles. The smallest absolute Gasteiger partial charge is 0.0896 e. The van der Waals surface area contributed by atoms with E-state index >= 15 is 0 Å². The van der Waals surface area contributed by atoms with Crippen LogP contribution in [0.25, 0.3) is 5.52 Å². The van der Waals surface area contributed by atoms with Crippen LogP contribution in [-0.2, 0) is 6.54 Å². The molecule has 3 rings (SSSR count). The van der Waals surface area contributed by atoms with E-state index in [1.807, 2.05) is 34.0 Å². The molecule has 0 amide bonds. The Hall–Kier alpha value is -1.73. The first-order valence-electron chi connectivity index (χ1n) is 6.98. The van der Waals surface area contributed by atoms with Crippen LogP contribution >= 0.6 is 15.9 Å². The van der Waals surface area contributed by atoms with Crippen molar-refractivity contribution in [3.8, 4) is 0 Å². The first-order chi connectivity index (χ1) is 10.3. The maximum absolute atomic E-state index is 4.41. The predicted molar refractivity (Wildman–Crippen MR) is 84.1 cm³/mol. The highest BCUT2D eigenvalue weighted by Gasteiger charge is 2.23. The summed E-state index contributed by atoms with van der Waals surface area (Å²) in [5, 5.41) is 12.3. The van der Waals surface area contributed by atoms with Gasteiger partial charge in [0, 0.05) is 24.5 Å². The second kappa shape index (κ2) is 5.95. The topological polar surface area (TPSA) is 60.0 Å². The van der Waals surface area contributed by atoms with Crippen LogP contribution in [0.1, 0.15) is 31.1 Å². The molecule has 6 nitrogen and oxygen atoms in total. The van der Waals surface area contributed by atoms with Crippen LogP contribution in [0.5, 0.6) is 0 Å². The molecule has 0 radical (unpaired) electrons. The zero-order valence-electron chi connectivity index (χ0n) is 12.0. The summed E-state index contributed by atoms with van der Waals surface area (Å²) in [6, 6.07) is 0.0218. The minimum atomic E-state index is 0.0218. The molecule has 0 saturated heterocycles. The first kappa shape index (κ1) is 14.2. The van der Waals surface area contributed by atoms with Crippen molar-refractivity contribution in [1.29, 1.82) is 0 Å². The molecule has 0 aliphatic heterocycles. The van der Waals surface area contributed by atoms with E-state index in [1.54, 1.807) is 6.20 Å². The molecule has 0 aliphatic rings. The van der Waals surface area contributed by atoms with E-state index < -0.39 is 0 Å². The fraction of sp³-hybridized carbons (Fsp3) is 0.357. The van der Waals surface area contributed by atoms with Gasteiger partial charge in [0.2, 0.25) is 0 Å². The Bertz CT molecular complexity index is 747. The number of rotatable bonds is 5. The summed E-state index contributed by atoms with van der Waals surface area (Å²) in [5.41, 5.74) is 3.21. The second-order valence-corrected chi connectivity index (χ2v) is 5.54. The zero-order chi connectivity index (χ0) is 14.8. The summed E-state index contributed by atoms with van der Waals surface area (Å²) < 4.78 is 4.84. The number of halogens is 1. The molecule has 1 unspecified atom stereocenters. The highest BCUT2D eigenvalue weighted by molar-refractivity contribution is 9.10. The largest absolute Gasteiger partial charge is 0.305 e. The van der Waals surface area contributed by atoms with Gasteiger partial charge in [-0.3, -0.25) is 9.67 Å². The number of nitrogens with zero attached hydrogens (tertiary/aromatic N) is 5. The number of hydrogen-bond acceptors (Lipinski definition) is 4. The van der Waals surface area contributed by atoms with Gasteiger partial charge in [-0.2, -0.15) is 10.2 Å². The molecule has 3 aromatic rings. The Labute approximate surface area is 131 Å². The molecule has 0 saturated carbocycles. The van der Waals surface area contributed by atoms with Crippen LogP contribution in [0.4, 0.5) is 0 Å². The third kappa shape index (κ3) is 2.47. The monoisotopic (exact) mass is 348 g/mol. The van der Waals surface area contributed by atoms with Gasteiger partial charge in [0.25, 0.3) is 0 Å². The van der Waals surface area contributed by atoms with Crippen LogP contribution in [0.15, 0.2) is 35.5 Å². The molecule has 0 aliphatic carbocycles. The van der Waals surface area contributed by atoms with Gasteiger partial charge in [0.05, 0.1) is 40.3 Å². The van der Waals surface area contributed by atoms with E-state index in [1.165, 1.54) is 0 Å². The van der Waals surface area contributed by atoms with Crippen LogP contribution in [0.2, 0.25) is 0 Å². The molecule has 1 atom stereocenters. The lowest BCUT2D eigenvalue weighted by Crippen LogP contribution is -2.25. The van der Waals surface area contributed by atoms with E-state index in [0.29, 0.717) is 0 Å². The van der Waals surface area contributed by atoms with Crippen LogP contribution in [-0.4, -0.2) is 30.9 Å². The van der Waals surface area contributed by atoms with E-state index in [4.69, 9.17) is 0 Å². The molecule has 0 bridgehead atoms. The Morgan fingerprint density at radius 1 is 1.24 bits per heavy atom. The summed E-state index contributed by atoms with van der Waals surface area (Å²) in [4.78, 5) is 4.21. The minimum absolute atomic E-state index is 0.0218. The Balaban J connectivity index is 2.16. The van der Waals surface area contributed by atoms with Crippen molar-refractivity contribution in [3.05, 3.63) is 46.7 Å². The van der Waals surface area contributed by atoms with E-state index in [9.17, 15) is 0 Å². The second-order valence-electron chi connectivity index (χ2n) is 4.69. The van der Waals surface area contributed by atoms with E-state index in [2.05, 4.69) is 50.3 Å². The first-order valence-corrected chi connectivity index (χ1v) is 7.77. The lowest BCUT2D eigenvalue weighted by Gasteiger charge is -2.19. The number of hydrogen-bond donors (Lipinski definition) is 1. The average Bonchev–Trinajstić information content (AvgIpc) is 3.09. The molecule has 0 spiro atoms. The minimum Gasteiger partial charge on any atom is -0.305 e. The standard InChI is InChI=1S/C14H17BrN6/c1-3-17-13(14-11(15)8-19-20(14)4-2)10-7-18-21-6-5-16-9-12(10)21/h5-9,13,17H,3-4H2,1-2H3. The van der Waals surface area contributed by atoms with Crippen molar-refractivity contribution in [1.82, 2.24) is 29.7 Å². The number of aromatic nitrogens is 5. The predicted octanol–water partition coefficient (Wildman–Crippen LogP) is 2.41. The molecule has 110 valence electrons. The Kier molecular flexibility index (Phi) is 4.03. The van der Waals surface area contributed by atoms with Crippen molar-refractivity contribution >= 4 is 21.4 Å². The van der Waals surface area contributed by atoms with Gasteiger partial charge in [-0.15, -0.1) is 0 Å². The third-order valence-electron chi connectivity index (χ3n) is 3.48. The van der Waals surface area contributed by atoms with Crippen molar-refractivity contribution < 1.29 is 0 Å². The lowest BCUT2D eigenvalue weighted by atomic mass is 10.1. The molecule has 7 heteroatoms. The Morgan fingerprint density at radius 2 is 2.10 bits per heavy atom. The van der Waals surface area contributed by atoms with E-state index in [-0.39, 0.29) is 6.04 Å². The van der Waals surface area contributed by atoms with E-state index in [0.717, 1.165) is 34.3 Å². The fourth-order valence-corrected chi connectivity index (χ4v) is 3.07.